The highest BCUT2D eigenvalue weighted by Gasteiger charge is 2.36. The normalized spacial score (nSPS) is 16.1. The van der Waals surface area contributed by atoms with E-state index >= 15 is 0 Å². The van der Waals surface area contributed by atoms with Crippen molar-refractivity contribution in [3.63, 3.8) is 0 Å². The summed E-state index contributed by atoms with van der Waals surface area (Å²) in [5.74, 6) is 4.28. The zero-order valence-corrected chi connectivity index (χ0v) is 28.3. The molecule has 1 amide bonds. The van der Waals surface area contributed by atoms with Crippen LogP contribution in [-0.4, -0.2) is 86.5 Å². The molecule has 2 aliphatic rings. The van der Waals surface area contributed by atoms with Crippen molar-refractivity contribution < 1.29 is 27.3 Å². The van der Waals surface area contributed by atoms with Crippen LogP contribution in [0.3, 0.4) is 0 Å². The quantitative estimate of drug-likeness (QED) is 0.179. The minimum atomic E-state index is -4.77. The number of hydrogen-bond acceptors (Lipinski definition) is 10. The van der Waals surface area contributed by atoms with Gasteiger partial charge in [-0.3, -0.25) is 9.69 Å². The first-order valence-electron chi connectivity index (χ1n) is 15.7. The summed E-state index contributed by atoms with van der Waals surface area (Å²) in [7, 11) is -1.37. The van der Waals surface area contributed by atoms with Gasteiger partial charge in [-0.1, -0.05) is 18.1 Å². The molecular formula is C33H40F3N8O3P. The van der Waals surface area contributed by atoms with Gasteiger partial charge in [0.2, 0.25) is 5.95 Å². The first kappa shape index (κ1) is 35.0. The average molecular weight is 685 g/mol. The highest BCUT2D eigenvalue weighted by atomic mass is 31.2. The zero-order valence-electron chi connectivity index (χ0n) is 27.4. The lowest BCUT2D eigenvalue weighted by atomic mass is 10.0. The van der Waals surface area contributed by atoms with Crippen LogP contribution in [0, 0.1) is 11.8 Å². The van der Waals surface area contributed by atoms with Crippen molar-refractivity contribution in [2.24, 2.45) is 0 Å². The second kappa shape index (κ2) is 14.8. The minimum absolute atomic E-state index is 0.160. The number of nitrogens with zero attached hydrogens (tertiary/aromatic N) is 4. The first-order chi connectivity index (χ1) is 22.9. The number of piperazine rings is 1. The van der Waals surface area contributed by atoms with Crippen LogP contribution < -0.4 is 36.2 Å². The van der Waals surface area contributed by atoms with E-state index in [9.17, 15) is 22.5 Å². The summed E-state index contributed by atoms with van der Waals surface area (Å²) in [6, 6.07) is 10.4. The van der Waals surface area contributed by atoms with Crippen LogP contribution in [0.15, 0.2) is 42.6 Å². The molecule has 2 aliphatic heterocycles. The minimum Gasteiger partial charge on any atom is -0.494 e. The van der Waals surface area contributed by atoms with Gasteiger partial charge in [0.15, 0.2) is 0 Å². The van der Waals surface area contributed by atoms with Crippen LogP contribution in [-0.2, 0) is 15.5 Å². The maximum atomic E-state index is 14.1. The molecule has 0 radical (unpaired) electrons. The van der Waals surface area contributed by atoms with Gasteiger partial charge in [-0.2, -0.15) is 18.2 Å². The first-order valence-corrected chi connectivity index (χ1v) is 18.3. The average Bonchev–Trinajstić information content (AvgIpc) is 3.05. The van der Waals surface area contributed by atoms with E-state index in [0.29, 0.717) is 34.7 Å². The molecule has 11 nitrogen and oxygen atoms in total. The van der Waals surface area contributed by atoms with E-state index in [4.69, 9.17) is 4.74 Å². The fourth-order valence-corrected chi connectivity index (χ4v) is 7.18. The molecule has 3 aromatic rings. The van der Waals surface area contributed by atoms with Crippen molar-refractivity contribution >= 4 is 52.9 Å². The Morgan fingerprint density at radius 1 is 1.04 bits per heavy atom. The highest BCUT2D eigenvalue weighted by Crippen LogP contribution is 2.42. The Balaban J connectivity index is 1.47. The van der Waals surface area contributed by atoms with E-state index in [1.165, 1.54) is 20.4 Å². The fourth-order valence-electron chi connectivity index (χ4n) is 6.03. The Labute approximate surface area is 278 Å². The lowest BCUT2D eigenvalue weighted by Crippen LogP contribution is -2.52. The summed E-state index contributed by atoms with van der Waals surface area (Å²) in [6.45, 7) is 10.2. The smallest absolute Gasteiger partial charge is 0.421 e. The Hall–Kier alpha value is -4.31. The molecule has 3 heterocycles. The van der Waals surface area contributed by atoms with Gasteiger partial charge in [0.1, 0.15) is 24.3 Å². The summed E-state index contributed by atoms with van der Waals surface area (Å²) in [6.07, 6.45) is -2.18. The number of amides is 1. The number of piperidine rings is 1. The van der Waals surface area contributed by atoms with Gasteiger partial charge in [-0.25, -0.2) is 4.98 Å². The summed E-state index contributed by atoms with van der Waals surface area (Å²) >= 11 is 0. The van der Waals surface area contributed by atoms with Crippen LogP contribution in [0.2, 0.25) is 0 Å². The second-order valence-electron chi connectivity index (χ2n) is 12.0. The van der Waals surface area contributed by atoms with Gasteiger partial charge in [0, 0.05) is 62.9 Å². The Bertz CT molecular complexity index is 1740. The third-order valence-electron chi connectivity index (χ3n) is 8.36. The Morgan fingerprint density at radius 2 is 1.75 bits per heavy atom. The van der Waals surface area contributed by atoms with Crippen LogP contribution in [0.25, 0.3) is 0 Å². The summed E-state index contributed by atoms with van der Waals surface area (Å²) in [5, 5.41) is 12.3. The fraction of sp³-hybridized carbons (Fsp3) is 0.424. The molecule has 2 aromatic carbocycles. The maximum Gasteiger partial charge on any atom is 0.421 e. The number of hydrogen-bond donors (Lipinski definition) is 4. The standard InChI is InChI=1S/C33H40F3N8O3P/c1-5-8-30(45)39-25-19-26(28(47-2)20-27(25)44-15-11-22(12-16-44)43-17-13-37-14-18-43)41-32-38-21-23(33(34,35)36)31(42-32)40-24-9-6-7-10-29(24)48(3,4)46/h6-7,9-10,19-22,37H,11-18H2,1-4H3,(H,39,45)(H2,38,40,41,42). The van der Waals surface area contributed by atoms with Crippen LogP contribution >= 0.6 is 7.14 Å². The second-order valence-corrected chi connectivity index (χ2v) is 15.2. The molecule has 1 aromatic heterocycles. The molecule has 0 unspecified atom stereocenters. The van der Waals surface area contributed by atoms with Gasteiger partial charge in [0.05, 0.1) is 29.9 Å². The third kappa shape index (κ3) is 8.39. The number of para-hydroxylation sites is 1. The molecule has 4 N–H and O–H groups in total. The number of halogens is 3. The monoisotopic (exact) mass is 684 g/mol. The number of ether oxygens (including phenoxy) is 1. The topological polar surface area (TPSA) is 124 Å². The number of rotatable bonds is 9. The van der Waals surface area contributed by atoms with Crippen molar-refractivity contribution in [2.45, 2.75) is 32.0 Å². The predicted molar refractivity (Wildman–Crippen MR) is 184 cm³/mol. The molecule has 15 heteroatoms. The SMILES string of the molecule is CC#CC(=O)Nc1cc(Nc2ncc(C(F)(F)F)c(Nc3ccccc3P(C)(C)=O)n2)c(OC)cc1N1CCC(N2CCNCC2)CC1. The van der Waals surface area contributed by atoms with E-state index in [-0.39, 0.29) is 11.6 Å². The molecule has 0 aliphatic carbocycles. The molecule has 256 valence electrons. The number of benzene rings is 2. The van der Waals surface area contributed by atoms with Crippen LogP contribution in [0.5, 0.6) is 5.75 Å². The lowest BCUT2D eigenvalue weighted by Gasteiger charge is -2.41. The Kier molecular flexibility index (Phi) is 10.8. The van der Waals surface area contributed by atoms with Gasteiger partial charge in [-0.15, -0.1) is 0 Å². The van der Waals surface area contributed by atoms with E-state index in [1.807, 2.05) is 0 Å². The number of alkyl halides is 3. The van der Waals surface area contributed by atoms with Gasteiger partial charge in [0.25, 0.3) is 5.91 Å². The van der Waals surface area contributed by atoms with Crippen molar-refractivity contribution in [3.8, 4) is 17.6 Å². The number of nitrogens with one attached hydrogen (secondary N) is 4. The third-order valence-corrected chi connectivity index (χ3v) is 9.91. The van der Waals surface area contributed by atoms with Crippen molar-refractivity contribution in [2.75, 3.05) is 80.6 Å². The van der Waals surface area contributed by atoms with E-state index in [1.54, 1.807) is 43.3 Å². The molecule has 2 fully saturated rings. The molecule has 0 atom stereocenters. The number of methoxy groups -OCH3 is 1. The van der Waals surface area contributed by atoms with Gasteiger partial charge >= 0.3 is 6.18 Å². The van der Waals surface area contributed by atoms with Crippen LogP contribution in [0.1, 0.15) is 25.3 Å². The molecular weight excluding hydrogens is 644 g/mol. The van der Waals surface area contributed by atoms with E-state index < -0.39 is 30.6 Å². The Morgan fingerprint density at radius 3 is 2.40 bits per heavy atom. The summed E-state index contributed by atoms with van der Waals surface area (Å²) < 4.78 is 60.8. The number of anilines is 6. The van der Waals surface area contributed by atoms with Gasteiger partial charge < -0.3 is 35.5 Å². The maximum absolute atomic E-state index is 14.1. The molecule has 0 bridgehead atoms. The predicted octanol–water partition coefficient (Wildman–Crippen LogP) is 5.08. The summed E-state index contributed by atoms with van der Waals surface area (Å²) in [4.78, 5) is 25.5. The molecule has 5 rings (SSSR count). The van der Waals surface area contributed by atoms with E-state index in [0.717, 1.165) is 57.8 Å². The van der Waals surface area contributed by atoms with Gasteiger partial charge in [-0.05, 0) is 57.2 Å². The number of carbonyl (C=O) groups excluding carboxylic acids is 1. The summed E-state index contributed by atoms with van der Waals surface area (Å²) in [5.41, 5.74) is 0.647. The molecule has 0 saturated carbocycles. The number of carbonyl (C=O) groups is 1. The number of aromatic nitrogens is 2. The highest BCUT2D eigenvalue weighted by molar-refractivity contribution is 7.70. The van der Waals surface area contributed by atoms with Crippen molar-refractivity contribution in [1.29, 1.82) is 0 Å². The molecule has 48 heavy (non-hydrogen) atoms. The van der Waals surface area contributed by atoms with Crippen LogP contribution in [0.4, 0.5) is 47.7 Å². The molecule has 0 spiro atoms. The lowest BCUT2D eigenvalue weighted by molar-refractivity contribution is -0.137. The largest absolute Gasteiger partial charge is 0.494 e. The zero-order chi connectivity index (χ0) is 34.5. The van der Waals surface area contributed by atoms with Crippen molar-refractivity contribution in [1.82, 2.24) is 20.2 Å². The van der Waals surface area contributed by atoms with Crippen molar-refractivity contribution in [3.05, 3.63) is 48.2 Å². The van der Waals surface area contributed by atoms with E-state index in [2.05, 4.69) is 52.9 Å². The molecule has 2 saturated heterocycles.